The van der Waals surface area contributed by atoms with E-state index in [2.05, 4.69) is 36.3 Å². The molecule has 2 N–H and O–H groups in total. The summed E-state index contributed by atoms with van der Waals surface area (Å²) in [6.45, 7) is 6.68. The first-order valence-corrected chi connectivity index (χ1v) is 12.1. The van der Waals surface area contributed by atoms with Crippen LogP contribution in [0.15, 0.2) is 42.6 Å². The zero-order valence-corrected chi connectivity index (χ0v) is 20.9. The third-order valence-corrected chi connectivity index (χ3v) is 6.46. The molecule has 0 unspecified atom stereocenters. The van der Waals surface area contributed by atoms with Crippen LogP contribution < -0.4 is 10.1 Å². The van der Waals surface area contributed by atoms with Crippen molar-refractivity contribution in [2.45, 2.75) is 52.2 Å². The fraction of sp³-hybridized carbons (Fsp3) is 0.519. The molecule has 1 aromatic heterocycles. The molecule has 2 aromatic rings. The van der Waals surface area contributed by atoms with E-state index in [0.717, 1.165) is 19.3 Å². The molecule has 1 fully saturated rings. The summed E-state index contributed by atoms with van der Waals surface area (Å²) in [6.07, 6.45) is 3.73. The average molecular weight is 485 g/mol. The Morgan fingerprint density at radius 1 is 1.23 bits per heavy atom. The number of esters is 1. The van der Waals surface area contributed by atoms with Gasteiger partial charge in [0, 0.05) is 18.2 Å². The van der Waals surface area contributed by atoms with Gasteiger partial charge in [-0.25, -0.2) is 9.78 Å². The van der Waals surface area contributed by atoms with Gasteiger partial charge in [-0.1, -0.05) is 50.6 Å². The quantitative estimate of drug-likeness (QED) is 0.549. The van der Waals surface area contributed by atoms with E-state index < -0.39 is 23.7 Å². The minimum absolute atomic E-state index is 0.0375. The van der Waals surface area contributed by atoms with Crippen LogP contribution in [-0.4, -0.2) is 54.4 Å². The molecule has 0 aliphatic carbocycles. The van der Waals surface area contributed by atoms with Gasteiger partial charge in [0.2, 0.25) is 0 Å². The second-order valence-electron chi connectivity index (χ2n) is 9.50. The molecule has 8 nitrogen and oxygen atoms in total. The Morgan fingerprint density at radius 3 is 2.66 bits per heavy atom. The number of pyridine rings is 1. The zero-order chi connectivity index (χ0) is 25.4. The van der Waals surface area contributed by atoms with Gasteiger partial charge in [0.05, 0.1) is 20.3 Å². The summed E-state index contributed by atoms with van der Waals surface area (Å²) in [6, 6.07) is 10.6. The van der Waals surface area contributed by atoms with Crippen molar-refractivity contribution in [3.63, 3.8) is 0 Å². The first-order valence-electron chi connectivity index (χ1n) is 12.1. The lowest BCUT2D eigenvalue weighted by molar-refractivity contribution is -0.154. The van der Waals surface area contributed by atoms with Crippen molar-refractivity contribution >= 4 is 11.9 Å². The predicted octanol–water partition coefficient (Wildman–Crippen LogP) is 3.77. The van der Waals surface area contributed by atoms with Crippen LogP contribution in [0.4, 0.5) is 0 Å². The lowest BCUT2D eigenvalue weighted by Gasteiger charge is -2.31. The molecule has 1 amide bonds. The minimum atomic E-state index is -1.03. The maximum atomic E-state index is 13.0. The molecule has 3 rings (SSSR count). The number of carbonyl (C=O) groups excluding carboxylic acids is 2. The second-order valence-corrected chi connectivity index (χ2v) is 9.50. The summed E-state index contributed by atoms with van der Waals surface area (Å²) in [5.74, 6) is -0.769. The highest BCUT2D eigenvalue weighted by Gasteiger charge is 2.35. The molecular weight excluding hydrogens is 448 g/mol. The van der Waals surface area contributed by atoms with Crippen molar-refractivity contribution < 1.29 is 28.9 Å². The molecule has 1 aliphatic rings. The standard InChI is InChI=1S/C27H36N2O6/c1-17(2)10-11-21-18(3)35-27(32)22(16-34-15-20(21)14-19-8-6-5-7-9-19)29-26(31)24-25(30)23(33-4)12-13-28-24/h5-9,12-13,17-18,20-22,30H,10-11,14-16H2,1-4H3,(H,29,31)/t18-,20-,21-,22-/m0/s1. The van der Waals surface area contributed by atoms with Crippen molar-refractivity contribution in [3.05, 3.63) is 53.9 Å². The number of hydrogen-bond donors (Lipinski definition) is 2. The summed E-state index contributed by atoms with van der Waals surface area (Å²) in [7, 11) is 1.38. The van der Waals surface area contributed by atoms with Crippen LogP contribution in [0.25, 0.3) is 0 Å². The van der Waals surface area contributed by atoms with Gasteiger partial charge >= 0.3 is 5.97 Å². The molecule has 35 heavy (non-hydrogen) atoms. The molecule has 1 saturated heterocycles. The van der Waals surface area contributed by atoms with E-state index >= 15 is 0 Å². The highest BCUT2D eigenvalue weighted by Crippen LogP contribution is 2.31. The van der Waals surface area contributed by atoms with E-state index in [1.165, 1.54) is 24.9 Å². The maximum absolute atomic E-state index is 13.0. The van der Waals surface area contributed by atoms with Crippen molar-refractivity contribution in [1.82, 2.24) is 10.3 Å². The number of nitrogens with one attached hydrogen (secondary N) is 1. The molecule has 0 spiro atoms. The smallest absolute Gasteiger partial charge is 0.331 e. The highest BCUT2D eigenvalue weighted by molar-refractivity contribution is 5.98. The van der Waals surface area contributed by atoms with E-state index in [9.17, 15) is 14.7 Å². The van der Waals surface area contributed by atoms with Crippen molar-refractivity contribution in [2.75, 3.05) is 20.3 Å². The number of amides is 1. The topological polar surface area (TPSA) is 107 Å². The summed E-state index contributed by atoms with van der Waals surface area (Å²) < 4.78 is 16.9. The second kappa shape index (κ2) is 12.5. The Morgan fingerprint density at radius 2 is 1.97 bits per heavy atom. The molecular formula is C27H36N2O6. The zero-order valence-electron chi connectivity index (χ0n) is 20.9. The molecule has 0 saturated carbocycles. The number of ether oxygens (including phenoxy) is 3. The van der Waals surface area contributed by atoms with E-state index in [0.29, 0.717) is 12.5 Å². The van der Waals surface area contributed by atoms with Gasteiger partial charge in [0.15, 0.2) is 23.2 Å². The maximum Gasteiger partial charge on any atom is 0.331 e. The Labute approximate surface area is 207 Å². The number of methoxy groups -OCH3 is 1. The van der Waals surface area contributed by atoms with E-state index in [1.807, 2.05) is 25.1 Å². The number of aromatic hydroxyl groups is 1. The number of cyclic esters (lactones) is 1. The lowest BCUT2D eigenvalue weighted by Crippen LogP contribution is -2.46. The Hall–Kier alpha value is -3.13. The van der Waals surface area contributed by atoms with E-state index in [1.54, 1.807) is 0 Å². The third-order valence-electron chi connectivity index (χ3n) is 6.46. The van der Waals surface area contributed by atoms with Crippen LogP contribution in [0.1, 0.15) is 49.7 Å². The summed E-state index contributed by atoms with van der Waals surface area (Å²) in [5.41, 5.74) is 0.972. The fourth-order valence-corrected chi connectivity index (χ4v) is 4.48. The molecule has 4 atom stereocenters. The first-order chi connectivity index (χ1) is 16.8. The average Bonchev–Trinajstić information content (AvgIpc) is 2.87. The van der Waals surface area contributed by atoms with Gasteiger partial charge in [0.1, 0.15) is 6.10 Å². The van der Waals surface area contributed by atoms with E-state index in [4.69, 9.17) is 14.2 Å². The van der Waals surface area contributed by atoms with Crippen LogP contribution in [0.5, 0.6) is 11.5 Å². The van der Waals surface area contributed by atoms with Gasteiger partial charge in [-0.15, -0.1) is 0 Å². The summed E-state index contributed by atoms with van der Waals surface area (Å²) in [4.78, 5) is 29.8. The number of aromatic nitrogens is 1. The monoisotopic (exact) mass is 484 g/mol. The molecule has 190 valence electrons. The molecule has 0 bridgehead atoms. The van der Waals surface area contributed by atoms with Crippen LogP contribution in [0.2, 0.25) is 0 Å². The number of nitrogens with zero attached hydrogens (tertiary/aromatic N) is 1. The van der Waals surface area contributed by atoms with Crippen molar-refractivity contribution in [3.8, 4) is 11.5 Å². The van der Waals surface area contributed by atoms with E-state index in [-0.39, 0.29) is 36.0 Å². The normalized spacial score (nSPS) is 23.1. The van der Waals surface area contributed by atoms with Gasteiger partial charge < -0.3 is 24.6 Å². The molecule has 2 heterocycles. The SMILES string of the molecule is COc1ccnc(C(=O)N[C@H]2COC[C@H](Cc3ccccc3)[C@@H](CCC(C)C)[C@H](C)OC2=O)c1O. The van der Waals surface area contributed by atoms with Crippen molar-refractivity contribution in [1.29, 1.82) is 0 Å². The van der Waals surface area contributed by atoms with Gasteiger partial charge in [-0.2, -0.15) is 0 Å². The largest absolute Gasteiger partial charge is 0.503 e. The van der Waals surface area contributed by atoms with Gasteiger partial charge in [-0.05, 0) is 37.2 Å². The first kappa shape index (κ1) is 26.5. The predicted molar refractivity (Wildman–Crippen MR) is 131 cm³/mol. The number of hydrogen-bond acceptors (Lipinski definition) is 7. The number of benzene rings is 1. The Bertz CT molecular complexity index is 981. The van der Waals surface area contributed by atoms with Crippen LogP contribution in [0, 0.1) is 17.8 Å². The molecule has 1 aromatic carbocycles. The minimum Gasteiger partial charge on any atom is -0.503 e. The number of rotatable bonds is 8. The lowest BCUT2D eigenvalue weighted by atomic mass is 9.80. The van der Waals surface area contributed by atoms with Crippen molar-refractivity contribution in [2.24, 2.45) is 17.8 Å². The van der Waals surface area contributed by atoms with Crippen LogP contribution in [0.3, 0.4) is 0 Å². The van der Waals surface area contributed by atoms with Crippen LogP contribution >= 0.6 is 0 Å². The van der Waals surface area contributed by atoms with Gasteiger partial charge in [0.25, 0.3) is 5.91 Å². The number of carbonyl (C=O) groups is 2. The molecule has 0 radical (unpaired) electrons. The third kappa shape index (κ3) is 7.18. The van der Waals surface area contributed by atoms with Crippen LogP contribution in [-0.2, 0) is 20.7 Å². The Kier molecular flexibility index (Phi) is 9.48. The summed E-state index contributed by atoms with van der Waals surface area (Å²) >= 11 is 0. The Balaban J connectivity index is 1.77. The highest BCUT2D eigenvalue weighted by atomic mass is 16.6. The van der Waals surface area contributed by atoms with Gasteiger partial charge in [-0.3, -0.25) is 4.79 Å². The fourth-order valence-electron chi connectivity index (χ4n) is 4.48. The molecule has 8 heteroatoms. The molecule has 1 aliphatic heterocycles. The summed E-state index contributed by atoms with van der Waals surface area (Å²) in [5, 5.41) is 12.9.